The molecule has 0 aromatic heterocycles. The molecule has 0 aliphatic carbocycles. The van der Waals surface area contributed by atoms with Crippen molar-refractivity contribution in [2.45, 2.75) is 0 Å². The number of hydrogen-bond donors (Lipinski definition) is 4. The molecule has 2 aromatic carbocycles. The number of hydrogen-bond acceptors (Lipinski definition) is 4. The molecule has 0 fully saturated rings. The number of nitrogens with zero attached hydrogens (tertiary/aromatic N) is 1. The van der Waals surface area contributed by atoms with Crippen molar-refractivity contribution in [3.05, 3.63) is 59.7 Å². The van der Waals surface area contributed by atoms with Crippen LogP contribution in [0.1, 0.15) is 15.9 Å². The fourth-order valence-electron chi connectivity index (χ4n) is 1.66. The van der Waals surface area contributed by atoms with Crippen molar-refractivity contribution in [1.29, 1.82) is 0 Å². The van der Waals surface area contributed by atoms with Crippen LogP contribution in [0.15, 0.2) is 53.6 Å². The van der Waals surface area contributed by atoms with Crippen LogP contribution in [0.3, 0.4) is 0 Å². The standard InChI is InChI=1S/C15H13N3O3S/c19-13-6-1-3-10(7-13)9-16-18-15(22)17-12-5-2-4-11(8-12)14(20)21/h1-9,19H,(H,20,21)(H2,17,18,22). The average molecular weight is 315 g/mol. The van der Waals surface area contributed by atoms with Crippen molar-refractivity contribution in [2.24, 2.45) is 5.10 Å². The molecule has 0 heterocycles. The molecule has 0 spiro atoms. The molecule has 2 aromatic rings. The molecule has 0 radical (unpaired) electrons. The maximum Gasteiger partial charge on any atom is 0.335 e. The van der Waals surface area contributed by atoms with Crippen LogP contribution in [0.2, 0.25) is 0 Å². The highest BCUT2D eigenvalue weighted by atomic mass is 32.1. The summed E-state index contributed by atoms with van der Waals surface area (Å²) >= 11 is 5.05. The zero-order valence-corrected chi connectivity index (χ0v) is 12.2. The number of rotatable bonds is 4. The molecule has 2 rings (SSSR count). The van der Waals surface area contributed by atoms with E-state index in [-0.39, 0.29) is 16.4 Å². The monoisotopic (exact) mass is 315 g/mol. The lowest BCUT2D eigenvalue weighted by molar-refractivity contribution is 0.0697. The van der Waals surface area contributed by atoms with Gasteiger partial charge in [-0.15, -0.1) is 0 Å². The summed E-state index contributed by atoms with van der Waals surface area (Å²) in [4.78, 5) is 10.9. The summed E-state index contributed by atoms with van der Waals surface area (Å²) in [6, 6.07) is 12.9. The van der Waals surface area contributed by atoms with Crippen molar-refractivity contribution in [3.8, 4) is 5.75 Å². The van der Waals surface area contributed by atoms with E-state index in [1.807, 2.05) is 0 Å². The predicted octanol–water partition coefficient (Wildman–Crippen LogP) is 2.41. The molecule has 6 nitrogen and oxygen atoms in total. The summed E-state index contributed by atoms with van der Waals surface area (Å²) in [5.41, 5.74) is 4.03. The highest BCUT2D eigenvalue weighted by Crippen LogP contribution is 2.11. The summed E-state index contributed by atoms with van der Waals surface area (Å²) in [5.74, 6) is -0.862. The van der Waals surface area contributed by atoms with Crippen molar-refractivity contribution in [3.63, 3.8) is 0 Å². The minimum atomic E-state index is -1.01. The van der Waals surface area contributed by atoms with E-state index in [2.05, 4.69) is 15.8 Å². The van der Waals surface area contributed by atoms with Gasteiger partial charge in [0.2, 0.25) is 0 Å². The highest BCUT2D eigenvalue weighted by molar-refractivity contribution is 7.80. The average Bonchev–Trinajstić information content (AvgIpc) is 2.47. The number of phenols is 1. The summed E-state index contributed by atoms with van der Waals surface area (Å²) in [6.07, 6.45) is 1.50. The Morgan fingerprint density at radius 3 is 2.68 bits per heavy atom. The molecule has 0 saturated carbocycles. The van der Waals surface area contributed by atoms with Crippen LogP contribution in [0.25, 0.3) is 0 Å². The Balaban J connectivity index is 1.93. The van der Waals surface area contributed by atoms with Gasteiger partial charge in [-0.2, -0.15) is 5.10 Å². The maximum absolute atomic E-state index is 10.9. The van der Waals surface area contributed by atoms with Crippen molar-refractivity contribution < 1.29 is 15.0 Å². The number of anilines is 1. The first-order valence-corrected chi connectivity index (χ1v) is 6.68. The lowest BCUT2D eigenvalue weighted by Crippen LogP contribution is -2.23. The topological polar surface area (TPSA) is 94.0 Å². The molecule has 7 heteroatoms. The molecular weight excluding hydrogens is 302 g/mol. The zero-order chi connectivity index (χ0) is 15.9. The molecule has 22 heavy (non-hydrogen) atoms. The Kier molecular flexibility index (Phi) is 5.05. The van der Waals surface area contributed by atoms with Crippen molar-refractivity contribution >= 4 is 35.2 Å². The SMILES string of the molecule is O=C(O)c1cccc(NC(=S)NN=Cc2cccc(O)c2)c1. The molecule has 0 aliphatic heterocycles. The fraction of sp³-hybridized carbons (Fsp3) is 0. The first-order chi connectivity index (χ1) is 10.5. The Bertz CT molecular complexity index is 731. The van der Waals surface area contributed by atoms with Gasteiger partial charge < -0.3 is 15.5 Å². The summed E-state index contributed by atoms with van der Waals surface area (Å²) < 4.78 is 0. The molecule has 0 unspecified atom stereocenters. The van der Waals surface area contributed by atoms with Crippen molar-refractivity contribution in [1.82, 2.24) is 5.43 Å². The van der Waals surface area contributed by atoms with Gasteiger partial charge >= 0.3 is 5.97 Å². The number of hydrazone groups is 1. The second-order valence-corrected chi connectivity index (χ2v) is 4.71. The molecule has 0 aliphatic rings. The second kappa shape index (κ2) is 7.19. The van der Waals surface area contributed by atoms with E-state index in [1.165, 1.54) is 18.3 Å². The number of thiocarbonyl (C=S) groups is 1. The third kappa shape index (κ3) is 4.57. The number of carboxylic acid groups (broad SMARTS) is 1. The van der Waals surface area contributed by atoms with Gasteiger partial charge in [-0.1, -0.05) is 18.2 Å². The number of carbonyl (C=O) groups is 1. The first-order valence-electron chi connectivity index (χ1n) is 6.27. The van der Waals surface area contributed by atoms with Crippen molar-refractivity contribution in [2.75, 3.05) is 5.32 Å². The van der Waals surface area contributed by atoms with Crippen LogP contribution in [0, 0.1) is 0 Å². The molecule has 0 saturated heterocycles. The number of benzene rings is 2. The van der Waals surface area contributed by atoms with Crippen LogP contribution in [-0.4, -0.2) is 27.5 Å². The van der Waals surface area contributed by atoms with Gasteiger partial charge in [-0.3, -0.25) is 5.43 Å². The van der Waals surface area contributed by atoms with Gasteiger partial charge in [0.15, 0.2) is 5.11 Å². The Morgan fingerprint density at radius 1 is 1.18 bits per heavy atom. The molecule has 0 atom stereocenters. The Labute approximate surface area is 132 Å². The van der Waals surface area contributed by atoms with E-state index in [9.17, 15) is 9.90 Å². The normalized spacial score (nSPS) is 10.4. The molecule has 112 valence electrons. The van der Waals surface area contributed by atoms with E-state index >= 15 is 0 Å². The highest BCUT2D eigenvalue weighted by Gasteiger charge is 2.03. The van der Waals surface area contributed by atoms with Gasteiger partial charge in [-0.05, 0) is 48.1 Å². The van der Waals surface area contributed by atoms with Gasteiger partial charge in [0.1, 0.15) is 5.75 Å². The predicted molar refractivity (Wildman–Crippen MR) is 88.5 cm³/mol. The van der Waals surface area contributed by atoms with Gasteiger partial charge in [-0.25, -0.2) is 4.79 Å². The largest absolute Gasteiger partial charge is 0.508 e. The summed E-state index contributed by atoms with van der Waals surface area (Å²) in [6.45, 7) is 0. The quantitative estimate of drug-likeness (QED) is 0.393. The van der Waals surface area contributed by atoms with Crippen LogP contribution in [0.5, 0.6) is 5.75 Å². The fourth-order valence-corrected chi connectivity index (χ4v) is 1.83. The number of nitrogens with one attached hydrogen (secondary N) is 2. The van der Waals surface area contributed by atoms with E-state index in [0.717, 1.165) is 0 Å². The molecule has 0 amide bonds. The van der Waals surface area contributed by atoms with E-state index in [4.69, 9.17) is 17.3 Å². The second-order valence-electron chi connectivity index (χ2n) is 4.31. The lowest BCUT2D eigenvalue weighted by Gasteiger charge is -2.07. The molecule has 4 N–H and O–H groups in total. The van der Waals surface area contributed by atoms with Crippen LogP contribution < -0.4 is 10.7 Å². The number of aromatic hydroxyl groups is 1. The molecule has 0 bridgehead atoms. The van der Waals surface area contributed by atoms with Gasteiger partial charge in [0, 0.05) is 5.69 Å². The number of carboxylic acids is 1. The zero-order valence-electron chi connectivity index (χ0n) is 11.4. The first kappa shape index (κ1) is 15.5. The third-order valence-corrected chi connectivity index (χ3v) is 2.81. The van der Waals surface area contributed by atoms with E-state index in [1.54, 1.807) is 36.4 Å². The summed E-state index contributed by atoms with van der Waals surface area (Å²) in [7, 11) is 0. The minimum Gasteiger partial charge on any atom is -0.508 e. The van der Waals surface area contributed by atoms with Gasteiger partial charge in [0.05, 0.1) is 11.8 Å². The number of phenolic OH excluding ortho intramolecular Hbond substituents is 1. The summed E-state index contributed by atoms with van der Waals surface area (Å²) in [5, 5.41) is 25.2. The minimum absolute atomic E-state index is 0.148. The lowest BCUT2D eigenvalue weighted by atomic mass is 10.2. The number of aromatic carboxylic acids is 1. The third-order valence-electron chi connectivity index (χ3n) is 2.62. The maximum atomic E-state index is 10.9. The molecular formula is C15H13N3O3S. The van der Waals surface area contributed by atoms with Crippen LogP contribution in [-0.2, 0) is 0 Å². The smallest absolute Gasteiger partial charge is 0.335 e. The Morgan fingerprint density at radius 2 is 1.95 bits per heavy atom. The van der Waals surface area contributed by atoms with E-state index in [0.29, 0.717) is 11.3 Å². The van der Waals surface area contributed by atoms with Crippen LogP contribution >= 0.6 is 12.2 Å². The Hall–Kier alpha value is -2.93. The van der Waals surface area contributed by atoms with Crippen LogP contribution in [0.4, 0.5) is 5.69 Å². The van der Waals surface area contributed by atoms with E-state index < -0.39 is 5.97 Å². The van der Waals surface area contributed by atoms with Gasteiger partial charge in [0.25, 0.3) is 0 Å².